The predicted octanol–water partition coefficient (Wildman–Crippen LogP) is 1.69. The molecule has 0 radical (unpaired) electrons. The molecule has 2 aromatic heterocycles. The summed E-state index contributed by atoms with van der Waals surface area (Å²) in [6.07, 6.45) is 4.05. The van der Waals surface area contributed by atoms with Crippen LogP contribution in [0.5, 0.6) is 0 Å². The number of nitrogens with zero attached hydrogens (tertiary/aromatic N) is 2. The van der Waals surface area contributed by atoms with E-state index in [2.05, 4.69) is 20.7 Å². The van der Waals surface area contributed by atoms with Crippen LogP contribution in [0.2, 0.25) is 0 Å². The molecule has 0 atom stereocenters. The van der Waals surface area contributed by atoms with Crippen molar-refractivity contribution in [2.24, 2.45) is 5.84 Å². The number of rotatable bonds is 5. The highest BCUT2D eigenvalue weighted by Gasteiger charge is 2.10. The normalized spacial score (nSPS) is 10.3. The summed E-state index contributed by atoms with van der Waals surface area (Å²) in [5.74, 6) is 3.23. The lowest BCUT2D eigenvalue weighted by Gasteiger charge is -2.09. The molecule has 0 amide bonds. The van der Waals surface area contributed by atoms with Gasteiger partial charge in [-0.3, -0.25) is 4.98 Å². The SMILES string of the molecule is NNc1nc(NCCc2cccnc2)c(F)cc1F. The third-order valence-corrected chi connectivity index (χ3v) is 2.50. The molecule has 7 heteroatoms. The monoisotopic (exact) mass is 265 g/mol. The van der Waals surface area contributed by atoms with Gasteiger partial charge in [0.15, 0.2) is 23.3 Å². The minimum absolute atomic E-state index is 0.0433. The highest BCUT2D eigenvalue weighted by atomic mass is 19.1. The lowest BCUT2D eigenvalue weighted by Crippen LogP contribution is -2.14. The Labute approximate surface area is 108 Å². The van der Waals surface area contributed by atoms with Crippen LogP contribution in [0.25, 0.3) is 0 Å². The second-order valence-corrected chi connectivity index (χ2v) is 3.83. The molecule has 100 valence electrons. The standard InChI is InChI=1S/C12H13F2N5/c13-9-6-10(14)12(19-15)18-11(9)17-5-3-8-2-1-4-16-7-8/h1-2,4,6-7H,3,5,15H2,(H2,17,18,19). The largest absolute Gasteiger partial charge is 0.367 e. The number of hydrogen-bond acceptors (Lipinski definition) is 5. The lowest BCUT2D eigenvalue weighted by molar-refractivity contribution is 0.578. The molecule has 0 fully saturated rings. The number of hydrogen-bond donors (Lipinski definition) is 3. The fourth-order valence-electron chi connectivity index (χ4n) is 1.56. The second-order valence-electron chi connectivity index (χ2n) is 3.83. The van der Waals surface area contributed by atoms with Crippen LogP contribution in [-0.4, -0.2) is 16.5 Å². The summed E-state index contributed by atoms with van der Waals surface area (Å²) in [5.41, 5.74) is 3.08. The Kier molecular flexibility index (Phi) is 4.19. The molecule has 0 bridgehead atoms. The van der Waals surface area contributed by atoms with Crippen LogP contribution >= 0.6 is 0 Å². The van der Waals surface area contributed by atoms with Gasteiger partial charge < -0.3 is 10.7 Å². The Balaban J connectivity index is 2.00. The summed E-state index contributed by atoms with van der Waals surface area (Å²) >= 11 is 0. The third kappa shape index (κ3) is 3.35. The van der Waals surface area contributed by atoms with Crippen molar-refractivity contribution in [2.45, 2.75) is 6.42 Å². The summed E-state index contributed by atoms with van der Waals surface area (Å²) in [4.78, 5) is 7.68. The number of nitrogen functional groups attached to an aromatic ring is 1. The van der Waals surface area contributed by atoms with Crippen LogP contribution in [0.1, 0.15) is 5.56 Å². The van der Waals surface area contributed by atoms with E-state index in [4.69, 9.17) is 5.84 Å². The highest BCUT2D eigenvalue weighted by Crippen LogP contribution is 2.18. The Hall–Kier alpha value is -2.28. The number of anilines is 2. The van der Waals surface area contributed by atoms with Crippen LogP contribution < -0.4 is 16.6 Å². The molecular weight excluding hydrogens is 252 g/mol. The van der Waals surface area contributed by atoms with Crippen LogP contribution in [0, 0.1) is 11.6 Å². The zero-order valence-corrected chi connectivity index (χ0v) is 10.0. The van der Waals surface area contributed by atoms with Gasteiger partial charge >= 0.3 is 0 Å². The molecule has 2 rings (SSSR count). The molecule has 0 aliphatic heterocycles. The second kappa shape index (κ2) is 6.05. The van der Waals surface area contributed by atoms with Crippen molar-refractivity contribution in [3.05, 3.63) is 47.8 Å². The average molecular weight is 265 g/mol. The van der Waals surface area contributed by atoms with Crippen LogP contribution in [-0.2, 0) is 6.42 Å². The average Bonchev–Trinajstić information content (AvgIpc) is 2.42. The van der Waals surface area contributed by atoms with Crippen LogP contribution in [0.4, 0.5) is 20.4 Å². The molecular formula is C12H13F2N5. The third-order valence-electron chi connectivity index (χ3n) is 2.50. The van der Waals surface area contributed by atoms with Crippen molar-refractivity contribution in [3.63, 3.8) is 0 Å². The van der Waals surface area contributed by atoms with E-state index in [-0.39, 0.29) is 11.6 Å². The molecule has 5 nitrogen and oxygen atoms in total. The number of aromatic nitrogens is 2. The number of pyridine rings is 2. The maximum absolute atomic E-state index is 13.4. The van der Waals surface area contributed by atoms with Gasteiger partial charge in [-0.25, -0.2) is 19.6 Å². The summed E-state index contributed by atoms with van der Waals surface area (Å²) in [5, 5.41) is 2.79. The van der Waals surface area contributed by atoms with Crippen molar-refractivity contribution in [3.8, 4) is 0 Å². The van der Waals surface area contributed by atoms with E-state index in [0.29, 0.717) is 13.0 Å². The molecule has 19 heavy (non-hydrogen) atoms. The van der Waals surface area contributed by atoms with Crippen molar-refractivity contribution < 1.29 is 8.78 Å². The van der Waals surface area contributed by atoms with Gasteiger partial charge in [0.1, 0.15) is 0 Å². The molecule has 0 spiro atoms. The van der Waals surface area contributed by atoms with E-state index in [9.17, 15) is 8.78 Å². The summed E-state index contributed by atoms with van der Waals surface area (Å²) < 4.78 is 26.6. The van der Waals surface area contributed by atoms with Crippen LogP contribution in [0.15, 0.2) is 30.6 Å². The first-order chi connectivity index (χ1) is 9.20. The predicted molar refractivity (Wildman–Crippen MR) is 68.4 cm³/mol. The number of halogens is 2. The van der Waals surface area contributed by atoms with E-state index >= 15 is 0 Å². The highest BCUT2D eigenvalue weighted by molar-refractivity contribution is 5.46. The maximum Gasteiger partial charge on any atom is 0.178 e. The lowest BCUT2D eigenvalue weighted by atomic mass is 10.2. The zero-order valence-electron chi connectivity index (χ0n) is 10.0. The van der Waals surface area contributed by atoms with Crippen molar-refractivity contribution >= 4 is 11.6 Å². The fraction of sp³-hybridized carbons (Fsp3) is 0.167. The van der Waals surface area contributed by atoms with Gasteiger partial charge in [-0.15, -0.1) is 0 Å². The first-order valence-corrected chi connectivity index (χ1v) is 5.66. The van der Waals surface area contributed by atoms with E-state index < -0.39 is 11.6 Å². The Bertz CT molecular complexity index is 547. The smallest absolute Gasteiger partial charge is 0.178 e. The molecule has 2 heterocycles. The topological polar surface area (TPSA) is 75.9 Å². The van der Waals surface area contributed by atoms with Gasteiger partial charge in [0.05, 0.1) is 0 Å². The number of nitrogens with two attached hydrogens (primary N) is 1. The molecule has 0 saturated heterocycles. The van der Waals surface area contributed by atoms with E-state index in [1.54, 1.807) is 12.4 Å². The fourth-order valence-corrected chi connectivity index (χ4v) is 1.56. The molecule has 0 saturated carbocycles. The van der Waals surface area contributed by atoms with Gasteiger partial charge in [-0.2, -0.15) is 0 Å². The number of nitrogens with one attached hydrogen (secondary N) is 2. The van der Waals surface area contributed by atoms with Gasteiger partial charge in [-0.05, 0) is 18.1 Å². The molecule has 0 aliphatic carbocycles. The molecule has 4 N–H and O–H groups in total. The zero-order chi connectivity index (χ0) is 13.7. The summed E-state index contributed by atoms with van der Waals surface area (Å²) in [6, 6.07) is 4.47. The molecule has 0 aliphatic rings. The minimum atomic E-state index is -0.835. The van der Waals surface area contributed by atoms with Crippen LogP contribution in [0.3, 0.4) is 0 Å². The van der Waals surface area contributed by atoms with Gasteiger partial charge in [-0.1, -0.05) is 6.07 Å². The molecule has 0 unspecified atom stereocenters. The van der Waals surface area contributed by atoms with E-state index in [1.807, 2.05) is 12.1 Å². The van der Waals surface area contributed by atoms with E-state index in [0.717, 1.165) is 11.6 Å². The molecule has 2 aromatic rings. The first-order valence-electron chi connectivity index (χ1n) is 5.66. The Morgan fingerprint density at radius 3 is 2.68 bits per heavy atom. The van der Waals surface area contributed by atoms with E-state index in [1.165, 1.54) is 0 Å². The van der Waals surface area contributed by atoms with Crippen molar-refractivity contribution in [1.82, 2.24) is 9.97 Å². The summed E-state index contributed by atoms with van der Waals surface area (Å²) in [6.45, 7) is 0.450. The van der Waals surface area contributed by atoms with Crippen molar-refractivity contribution in [2.75, 3.05) is 17.3 Å². The quantitative estimate of drug-likeness (QED) is 0.566. The first kappa shape index (κ1) is 13.2. The Morgan fingerprint density at radius 2 is 2.00 bits per heavy atom. The molecule has 0 aromatic carbocycles. The maximum atomic E-state index is 13.4. The van der Waals surface area contributed by atoms with Gasteiger partial charge in [0.25, 0.3) is 0 Å². The number of hydrazine groups is 1. The summed E-state index contributed by atoms with van der Waals surface area (Å²) in [7, 11) is 0. The minimum Gasteiger partial charge on any atom is -0.367 e. The van der Waals surface area contributed by atoms with Gasteiger partial charge in [0, 0.05) is 25.0 Å². The van der Waals surface area contributed by atoms with Crippen molar-refractivity contribution in [1.29, 1.82) is 0 Å². The van der Waals surface area contributed by atoms with Gasteiger partial charge in [0.2, 0.25) is 0 Å². The Morgan fingerprint density at radius 1 is 1.21 bits per heavy atom.